The molecule has 0 aliphatic carbocycles. The van der Waals surface area contributed by atoms with Crippen molar-refractivity contribution in [3.05, 3.63) is 47.8 Å². The van der Waals surface area contributed by atoms with Crippen LogP contribution in [0.15, 0.2) is 36.5 Å². The van der Waals surface area contributed by atoms with Crippen LogP contribution in [0.1, 0.15) is 37.1 Å². The van der Waals surface area contributed by atoms with E-state index in [9.17, 15) is 0 Å². The van der Waals surface area contributed by atoms with Crippen LogP contribution in [0.25, 0.3) is 0 Å². The van der Waals surface area contributed by atoms with E-state index in [1.165, 1.54) is 5.56 Å². The van der Waals surface area contributed by atoms with Gasteiger partial charge in [0.15, 0.2) is 0 Å². The molecule has 0 amide bonds. The smallest absolute Gasteiger partial charge is 0.0991 e. The van der Waals surface area contributed by atoms with Crippen molar-refractivity contribution in [1.29, 1.82) is 0 Å². The fraction of sp³-hybridized carbons (Fsp3) is 0.429. The lowest BCUT2D eigenvalue weighted by Crippen LogP contribution is -2.05. The number of benzene rings is 1. The summed E-state index contributed by atoms with van der Waals surface area (Å²) in [6, 6.07) is 10.5. The van der Waals surface area contributed by atoms with Gasteiger partial charge >= 0.3 is 0 Å². The Morgan fingerprint density at radius 1 is 1.22 bits per heavy atom. The Bertz CT molecular complexity index is 462. The third-order valence-electron chi connectivity index (χ3n) is 2.97. The largest absolute Gasteiger partial charge is 0.323 e. The Morgan fingerprint density at radius 2 is 2.00 bits per heavy atom. The summed E-state index contributed by atoms with van der Waals surface area (Å²) in [4.78, 5) is 0. The first-order chi connectivity index (χ1) is 8.75. The van der Waals surface area contributed by atoms with E-state index in [2.05, 4.69) is 40.6 Å². The number of aryl methyl sites for hydroxylation is 2. The molecule has 0 bridgehead atoms. The van der Waals surface area contributed by atoms with Gasteiger partial charge in [0.05, 0.1) is 11.9 Å². The predicted octanol–water partition coefficient (Wildman–Crippen LogP) is 2.32. The van der Waals surface area contributed by atoms with E-state index in [1.54, 1.807) is 0 Å². The minimum absolute atomic E-state index is 0.0388. The first kappa shape index (κ1) is 12.8. The van der Waals surface area contributed by atoms with Gasteiger partial charge in [0.25, 0.3) is 0 Å². The molecule has 4 heteroatoms. The number of hydrogen-bond donors (Lipinski definition) is 1. The van der Waals surface area contributed by atoms with Gasteiger partial charge in [0, 0.05) is 12.6 Å². The summed E-state index contributed by atoms with van der Waals surface area (Å²) < 4.78 is 1.88. The van der Waals surface area contributed by atoms with Crippen LogP contribution in [0.3, 0.4) is 0 Å². The fourth-order valence-corrected chi connectivity index (χ4v) is 1.88. The van der Waals surface area contributed by atoms with E-state index in [-0.39, 0.29) is 6.04 Å². The molecule has 0 aliphatic rings. The van der Waals surface area contributed by atoms with Crippen molar-refractivity contribution in [3.8, 4) is 0 Å². The van der Waals surface area contributed by atoms with Crippen molar-refractivity contribution in [1.82, 2.24) is 15.0 Å². The molecule has 2 rings (SSSR count). The summed E-state index contributed by atoms with van der Waals surface area (Å²) >= 11 is 0. The van der Waals surface area contributed by atoms with Crippen LogP contribution in [0, 0.1) is 0 Å². The molecule has 0 saturated carbocycles. The molecule has 0 spiro atoms. The van der Waals surface area contributed by atoms with Crippen molar-refractivity contribution in [2.24, 2.45) is 5.73 Å². The molecule has 0 fully saturated rings. The minimum atomic E-state index is -0.0388. The first-order valence-electron chi connectivity index (χ1n) is 6.45. The van der Waals surface area contributed by atoms with Crippen LogP contribution in [-0.2, 0) is 13.0 Å². The number of hydrogen-bond acceptors (Lipinski definition) is 3. The lowest BCUT2D eigenvalue weighted by Gasteiger charge is -2.02. The van der Waals surface area contributed by atoms with Crippen molar-refractivity contribution in [2.75, 3.05) is 0 Å². The highest BCUT2D eigenvalue weighted by Gasteiger charge is 2.04. The summed E-state index contributed by atoms with van der Waals surface area (Å²) in [7, 11) is 0. The van der Waals surface area contributed by atoms with Crippen LogP contribution in [0.5, 0.6) is 0 Å². The Labute approximate surface area is 108 Å². The summed E-state index contributed by atoms with van der Waals surface area (Å²) in [5.74, 6) is 0. The third-order valence-corrected chi connectivity index (χ3v) is 2.97. The second kappa shape index (κ2) is 6.31. The van der Waals surface area contributed by atoms with Crippen LogP contribution in [0.2, 0.25) is 0 Å². The molecular weight excluding hydrogens is 224 g/mol. The molecule has 18 heavy (non-hydrogen) atoms. The molecule has 0 aliphatic heterocycles. The SMILES string of the molecule is CC(N)c1cn(CCCCc2ccccc2)nn1. The molecule has 4 nitrogen and oxygen atoms in total. The number of unbranched alkanes of at least 4 members (excludes halogenated alkanes) is 1. The summed E-state index contributed by atoms with van der Waals surface area (Å²) in [6.45, 7) is 2.83. The van der Waals surface area contributed by atoms with Gasteiger partial charge in [-0.05, 0) is 31.7 Å². The highest BCUT2D eigenvalue weighted by Crippen LogP contribution is 2.07. The average molecular weight is 244 g/mol. The molecule has 1 aromatic heterocycles. The number of rotatable bonds is 6. The molecule has 1 unspecified atom stereocenters. The summed E-state index contributed by atoms with van der Waals surface area (Å²) in [5, 5.41) is 8.11. The second-order valence-electron chi connectivity index (χ2n) is 4.64. The molecule has 96 valence electrons. The van der Waals surface area contributed by atoms with Crippen LogP contribution in [-0.4, -0.2) is 15.0 Å². The maximum atomic E-state index is 5.74. The van der Waals surface area contributed by atoms with E-state index in [1.807, 2.05) is 17.8 Å². The van der Waals surface area contributed by atoms with E-state index in [0.29, 0.717) is 0 Å². The van der Waals surface area contributed by atoms with Crippen LogP contribution >= 0.6 is 0 Å². The van der Waals surface area contributed by atoms with E-state index in [0.717, 1.165) is 31.5 Å². The number of aromatic nitrogens is 3. The monoisotopic (exact) mass is 244 g/mol. The van der Waals surface area contributed by atoms with Gasteiger partial charge in [-0.1, -0.05) is 35.5 Å². The standard InChI is InChI=1S/C14H20N4/c1-12(15)14-11-18(17-16-14)10-6-5-9-13-7-3-2-4-8-13/h2-4,7-8,11-12H,5-6,9-10,15H2,1H3. The van der Waals surface area contributed by atoms with Crippen molar-refractivity contribution in [2.45, 2.75) is 38.8 Å². The van der Waals surface area contributed by atoms with Gasteiger partial charge in [-0.3, -0.25) is 4.68 Å². The zero-order chi connectivity index (χ0) is 12.8. The van der Waals surface area contributed by atoms with Crippen LogP contribution < -0.4 is 5.73 Å². The average Bonchev–Trinajstić information content (AvgIpc) is 2.85. The molecule has 0 saturated heterocycles. The first-order valence-corrected chi connectivity index (χ1v) is 6.45. The van der Waals surface area contributed by atoms with E-state index in [4.69, 9.17) is 5.73 Å². The fourth-order valence-electron chi connectivity index (χ4n) is 1.88. The quantitative estimate of drug-likeness (QED) is 0.793. The maximum absolute atomic E-state index is 5.74. The number of nitrogens with two attached hydrogens (primary N) is 1. The normalized spacial score (nSPS) is 12.6. The van der Waals surface area contributed by atoms with Gasteiger partial charge < -0.3 is 5.73 Å². The zero-order valence-electron chi connectivity index (χ0n) is 10.8. The van der Waals surface area contributed by atoms with Gasteiger partial charge in [-0.25, -0.2) is 0 Å². The summed E-state index contributed by atoms with van der Waals surface area (Å²) in [6.07, 6.45) is 5.33. The molecule has 2 aromatic rings. The topological polar surface area (TPSA) is 56.7 Å². The molecule has 2 N–H and O–H groups in total. The third kappa shape index (κ3) is 3.67. The lowest BCUT2D eigenvalue weighted by molar-refractivity contribution is 0.541. The Kier molecular flexibility index (Phi) is 4.47. The Morgan fingerprint density at radius 3 is 2.67 bits per heavy atom. The van der Waals surface area contributed by atoms with Gasteiger partial charge in [-0.15, -0.1) is 5.10 Å². The van der Waals surface area contributed by atoms with Gasteiger partial charge in [0.2, 0.25) is 0 Å². The zero-order valence-corrected chi connectivity index (χ0v) is 10.8. The molecular formula is C14H20N4. The van der Waals surface area contributed by atoms with Gasteiger partial charge in [0.1, 0.15) is 0 Å². The Balaban J connectivity index is 1.72. The van der Waals surface area contributed by atoms with Crippen LogP contribution in [0.4, 0.5) is 0 Å². The van der Waals surface area contributed by atoms with E-state index < -0.39 is 0 Å². The van der Waals surface area contributed by atoms with E-state index >= 15 is 0 Å². The maximum Gasteiger partial charge on any atom is 0.0991 e. The highest BCUT2D eigenvalue weighted by molar-refractivity contribution is 5.14. The molecule has 1 heterocycles. The molecule has 1 atom stereocenters. The van der Waals surface area contributed by atoms with Crippen molar-refractivity contribution < 1.29 is 0 Å². The highest BCUT2D eigenvalue weighted by atomic mass is 15.4. The van der Waals surface area contributed by atoms with Gasteiger partial charge in [-0.2, -0.15) is 0 Å². The van der Waals surface area contributed by atoms with Crippen molar-refractivity contribution in [3.63, 3.8) is 0 Å². The Hall–Kier alpha value is -1.68. The summed E-state index contributed by atoms with van der Waals surface area (Å²) in [5.41, 5.74) is 8.00. The molecule has 0 radical (unpaired) electrons. The molecule has 1 aromatic carbocycles. The van der Waals surface area contributed by atoms with Crippen molar-refractivity contribution >= 4 is 0 Å². The second-order valence-corrected chi connectivity index (χ2v) is 4.64. The lowest BCUT2D eigenvalue weighted by atomic mass is 10.1. The predicted molar refractivity (Wildman–Crippen MR) is 72.0 cm³/mol. The minimum Gasteiger partial charge on any atom is -0.323 e. The number of nitrogens with zero attached hydrogens (tertiary/aromatic N) is 3.